The van der Waals surface area contributed by atoms with Gasteiger partial charge in [0.25, 0.3) is 0 Å². The Kier molecular flexibility index (Phi) is 4.47. The Morgan fingerprint density at radius 3 is 2.72 bits per heavy atom. The lowest BCUT2D eigenvalue weighted by Gasteiger charge is -2.29. The van der Waals surface area contributed by atoms with E-state index >= 15 is 0 Å². The molecule has 2 aromatic rings. The number of urea groups is 1. The van der Waals surface area contributed by atoms with Gasteiger partial charge in [-0.3, -0.25) is 0 Å². The highest BCUT2D eigenvalue weighted by Gasteiger charge is 2.41. The van der Waals surface area contributed by atoms with Gasteiger partial charge in [-0.05, 0) is 62.6 Å². The standard InChI is InChI=1S/C20H26N4O/c1-15(17-7-8-17)24(19-9-10-19)20(25)21-12-11-16-13-22-23(14-16)18-5-3-2-4-6-18/h2-6,13-15,17,19H,7-12H2,1H3,(H,21,25)/t15-/m0/s1. The van der Waals surface area contributed by atoms with E-state index in [2.05, 4.69) is 22.2 Å². The summed E-state index contributed by atoms with van der Waals surface area (Å²) in [6.45, 7) is 2.86. The fraction of sp³-hybridized carbons (Fsp3) is 0.500. The molecular formula is C20H26N4O. The van der Waals surface area contributed by atoms with Crippen molar-refractivity contribution in [1.82, 2.24) is 20.0 Å². The van der Waals surface area contributed by atoms with Crippen molar-refractivity contribution in [2.75, 3.05) is 6.54 Å². The minimum Gasteiger partial charge on any atom is -0.338 e. The lowest BCUT2D eigenvalue weighted by molar-refractivity contribution is 0.167. The number of aromatic nitrogens is 2. The van der Waals surface area contributed by atoms with Crippen LogP contribution in [-0.4, -0.2) is 39.3 Å². The normalized spacial score (nSPS) is 18.0. The molecule has 1 aromatic heterocycles. The van der Waals surface area contributed by atoms with Crippen LogP contribution in [0.3, 0.4) is 0 Å². The monoisotopic (exact) mass is 338 g/mol. The fourth-order valence-electron chi connectivity index (χ4n) is 3.46. The zero-order valence-corrected chi connectivity index (χ0v) is 14.8. The van der Waals surface area contributed by atoms with Gasteiger partial charge in [0.05, 0.1) is 11.9 Å². The first-order chi connectivity index (χ1) is 12.2. The molecular weight excluding hydrogens is 312 g/mol. The van der Waals surface area contributed by atoms with Crippen molar-refractivity contribution in [3.63, 3.8) is 0 Å². The quantitative estimate of drug-likeness (QED) is 0.841. The highest BCUT2D eigenvalue weighted by molar-refractivity contribution is 5.75. The average molecular weight is 338 g/mol. The van der Waals surface area contributed by atoms with Crippen molar-refractivity contribution < 1.29 is 4.79 Å². The number of hydrogen-bond donors (Lipinski definition) is 1. The van der Waals surface area contributed by atoms with Gasteiger partial charge in [-0.2, -0.15) is 5.10 Å². The Labute approximate surface area is 149 Å². The molecule has 2 saturated carbocycles. The van der Waals surface area contributed by atoms with Crippen molar-refractivity contribution in [3.8, 4) is 5.69 Å². The molecule has 1 heterocycles. The smallest absolute Gasteiger partial charge is 0.317 e. The maximum absolute atomic E-state index is 12.6. The van der Waals surface area contributed by atoms with Crippen molar-refractivity contribution >= 4 is 6.03 Å². The molecule has 5 heteroatoms. The van der Waals surface area contributed by atoms with Crippen LogP contribution < -0.4 is 5.32 Å². The van der Waals surface area contributed by atoms with E-state index in [0.29, 0.717) is 18.6 Å². The van der Waals surface area contributed by atoms with Crippen molar-refractivity contribution in [1.29, 1.82) is 0 Å². The molecule has 2 aliphatic carbocycles. The number of nitrogens with zero attached hydrogens (tertiary/aromatic N) is 3. The van der Waals surface area contributed by atoms with Crippen LogP contribution in [0.2, 0.25) is 0 Å². The van der Waals surface area contributed by atoms with E-state index in [1.165, 1.54) is 12.8 Å². The molecule has 25 heavy (non-hydrogen) atoms. The number of rotatable bonds is 7. The van der Waals surface area contributed by atoms with E-state index in [0.717, 1.165) is 36.4 Å². The molecule has 5 nitrogen and oxygen atoms in total. The zero-order chi connectivity index (χ0) is 17.2. The number of para-hydroxylation sites is 1. The number of carbonyl (C=O) groups excluding carboxylic acids is 1. The van der Waals surface area contributed by atoms with Crippen LogP contribution in [0.25, 0.3) is 5.69 Å². The maximum Gasteiger partial charge on any atom is 0.317 e. The summed E-state index contributed by atoms with van der Waals surface area (Å²) < 4.78 is 1.88. The van der Waals surface area contributed by atoms with Crippen LogP contribution >= 0.6 is 0 Å². The third-order valence-electron chi connectivity index (χ3n) is 5.26. The highest BCUT2D eigenvalue weighted by Crippen LogP contribution is 2.39. The number of hydrogen-bond acceptors (Lipinski definition) is 2. The van der Waals surface area contributed by atoms with Gasteiger partial charge in [-0.25, -0.2) is 9.48 Å². The molecule has 0 bridgehead atoms. The predicted molar refractivity (Wildman–Crippen MR) is 97.7 cm³/mol. The summed E-state index contributed by atoms with van der Waals surface area (Å²) in [5, 5.41) is 7.53. The van der Waals surface area contributed by atoms with E-state index in [1.54, 1.807) is 0 Å². The summed E-state index contributed by atoms with van der Waals surface area (Å²) in [4.78, 5) is 14.7. The second kappa shape index (κ2) is 6.90. The molecule has 1 atom stereocenters. The second-order valence-electron chi connectivity index (χ2n) is 7.33. The molecule has 0 saturated heterocycles. The van der Waals surface area contributed by atoms with Gasteiger partial charge in [0, 0.05) is 24.8 Å². The van der Waals surface area contributed by atoms with E-state index in [9.17, 15) is 4.79 Å². The SMILES string of the molecule is C[C@@H](C1CC1)N(C(=O)NCCc1cnn(-c2ccccc2)c1)C1CC1. The molecule has 0 spiro atoms. The van der Waals surface area contributed by atoms with Crippen molar-refractivity contribution in [3.05, 3.63) is 48.3 Å². The zero-order valence-electron chi connectivity index (χ0n) is 14.8. The number of carbonyl (C=O) groups is 1. The topological polar surface area (TPSA) is 50.2 Å². The summed E-state index contributed by atoms with van der Waals surface area (Å²) in [5.41, 5.74) is 2.19. The van der Waals surface area contributed by atoms with Gasteiger partial charge in [0.1, 0.15) is 0 Å². The third kappa shape index (κ3) is 3.86. The molecule has 1 N–H and O–H groups in total. The minimum absolute atomic E-state index is 0.109. The first kappa shape index (κ1) is 16.2. The van der Waals surface area contributed by atoms with Gasteiger partial charge >= 0.3 is 6.03 Å². The van der Waals surface area contributed by atoms with Crippen LogP contribution in [-0.2, 0) is 6.42 Å². The molecule has 2 aliphatic rings. The van der Waals surface area contributed by atoms with Crippen LogP contribution in [0.5, 0.6) is 0 Å². The third-order valence-corrected chi connectivity index (χ3v) is 5.26. The highest BCUT2D eigenvalue weighted by atomic mass is 16.2. The lowest BCUT2D eigenvalue weighted by Crippen LogP contribution is -2.47. The number of nitrogens with one attached hydrogen (secondary N) is 1. The molecule has 1 aromatic carbocycles. The summed E-state index contributed by atoms with van der Waals surface area (Å²) in [5.74, 6) is 0.718. The largest absolute Gasteiger partial charge is 0.338 e. The fourth-order valence-corrected chi connectivity index (χ4v) is 3.46. The summed E-state index contributed by atoms with van der Waals surface area (Å²) in [7, 11) is 0. The van der Waals surface area contributed by atoms with E-state index in [-0.39, 0.29) is 6.03 Å². The molecule has 0 unspecified atom stereocenters. The van der Waals surface area contributed by atoms with Crippen LogP contribution in [0.1, 0.15) is 38.2 Å². The Morgan fingerprint density at radius 2 is 2.04 bits per heavy atom. The second-order valence-corrected chi connectivity index (χ2v) is 7.33. The van der Waals surface area contributed by atoms with Crippen molar-refractivity contribution in [2.24, 2.45) is 5.92 Å². The Bertz CT molecular complexity index is 718. The molecule has 2 amide bonds. The maximum atomic E-state index is 12.6. The van der Waals surface area contributed by atoms with Gasteiger partial charge < -0.3 is 10.2 Å². The van der Waals surface area contributed by atoms with Gasteiger partial charge in [0.15, 0.2) is 0 Å². The van der Waals surface area contributed by atoms with Crippen LogP contribution in [0.4, 0.5) is 4.79 Å². The first-order valence-electron chi connectivity index (χ1n) is 9.37. The molecule has 0 aliphatic heterocycles. The van der Waals surface area contributed by atoms with Crippen LogP contribution in [0, 0.1) is 5.92 Å². The van der Waals surface area contributed by atoms with Gasteiger partial charge in [0.2, 0.25) is 0 Å². The van der Waals surface area contributed by atoms with Crippen LogP contribution in [0.15, 0.2) is 42.7 Å². The average Bonchev–Trinajstić information content (AvgIpc) is 3.55. The first-order valence-corrected chi connectivity index (χ1v) is 9.37. The molecule has 2 fully saturated rings. The molecule has 4 rings (SSSR count). The minimum atomic E-state index is 0.109. The van der Waals surface area contributed by atoms with Gasteiger partial charge in [-0.1, -0.05) is 18.2 Å². The molecule has 0 radical (unpaired) electrons. The van der Waals surface area contributed by atoms with Gasteiger partial charge in [-0.15, -0.1) is 0 Å². The van der Waals surface area contributed by atoms with E-state index in [1.807, 2.05) is 47.4 Å². The summed E-state index contributed by atoms with van der Waals surface area (Å²) in [6.07, 6.45) is 9.59. The summed E-state index contributed by atoms with van der Waals surface area (Å²) in [6, 6.07) is 11.0. The van der Waals surface area contributed by atoms with E-state index in [4.69, 9.17) is 0 Å². The Hall–Kier alpha value is -2.30. The Morgan fingerprint density at radius 1 is 1.28 bits per heavy atom. The number of amides is 2. The predicted octanol–water partition coefficient (Wildman–Crippen LogP) is 3.39. The van der Waals surface area contributed by atoms with Crippen molar-refractivity contribution in [2.45, 2.75) is 51.1 Å². The van der Waals surface area contributed by atoms with E-state index < -0.39 is 0 Å². The number of benzene rings is 1. The molecule has 132 valence electrons. The summed E-state index contributed by atoms with van der Waals surface area (Å²) >= 11 is 0. The Balaban J connectivity index is 1.30. The lowest BCUT2D eigenvalue weighted by atomic mass is 10.2.